The highest BCUT2D eigenvalue weighted by Gasteiger charge is 2.35. The number of carbonyl (C=O) groups is 3. The number of fused-ring (bicyclic) bond motifs is 1. The van der Waals surface area contributed by atoms with Crippen LogP contribution in [0, 0.1) is 5.82 Å². The Labute approximate surface area is 233 Å². The fourth-order valence-corrected chi connectivity index (χ4v) is 5.44. The Morgan fingerprint density at radius 2 is 1.98 bits per heavy atom. The van der Waals surface area contributed by atoms with Crippen molar-refractivity contribution in [1.29, 1.82) is 0 Å². The first-order valence-electron chi connectivity index (χ1n) is 12.7. The molecule has 12 heteroatoms. The van der Waals surface area contributed by atoms with Crippen LogP contribution in [0.25, 0.3) is 10.9 Å². The van der Waals surface area contributed by atoms with E-state index in [-0.39, 0.29) is 35.5 Å². The number of amides is 3. The molecule has 2 aromatic carbocycles. The van der Waals surface area contributed by atoms with Gasteiger partial charge in [-0.25, -0.2) is 4.39 Å². The molecule has 206 valence electrons. The summed E-state index contributed by atoms with van der Waals surface area (Å²) in [7, 11) is 0. The minimum Gasteiger partial charge on any atom is -0.395 e. The van der Waals surface area contributed by atoms with E-state index < -0.39 is 29.6 Å². The average molecular weight is 563 g/mol. The molecule has 5 rings (SSSR count). The van der Waals surface area contributed by atoms with Crippen molar-refractivity contribution >= 4 is 45.8 Å². The number of anilines is 1. The van der Waals surface area contributed by atoms with Crippen LogP contribution in [-0.2, 0) is 16.1 Å². The second kappa shape index (κ2) is 11.8. The molecule has 1 aliphatic heterocycles. The fraction of sp³-hybridized carbons (Fsp3) is 0.250. The van der Waals surface area contributed by atoms with E-state index in [1.807, 2.05) is 6.07 Å². The molecule has 0 unspecified atom stereocenters. The molecule has 40 heavy (non-hydrogen) atoms. The lowest BCUT2D eigenvalue weighted by atomic mass is 10.00. The fourth-order valence-electron chi connectivity index (χ4n) is 4.68. The van der Waals surface area contributed by atoms with Crippen molar-refractivity contribution in [2.24, 2.45) is 5.73 Å². The second-order valence-electron chi connectivity index (χ2n) is 9.44. The van der Waals surface area contributed by atoms with Crippen molar-refractivity contribution in [2.75, 3.05) is 18.9 Å². The molecule has 1 fully saturated rings. The maximum absolute atomic E-state index is 14.1. The van der Waals surface area contributed by atoms with Gasteiger partial charge >= 0.3 is 0 Å². The zero-order chi connectivity index (χ0) is 28.2. The molecule has 4 aromatic rings. The van der Waals surface area contributed by atoms with E-state index in [4.69, 9.17) is 16.2 Å². The third-order valence-corrected chi connectivity index (χ3v) is 7.56. The lowest BCUT2D eigenvalue weighted by Crippen LogP contribution is -2.45. The number of benzene rings is 2. The average Bonchev–Trinajstić information content (AvgIpc) is 3.62. The van der Waals surface area contributed by atoms with Crippen molar-refractivity contribution in [1.82, 2.24) is 19.6 Å². The van der Waals surface area contributed by atoms with Gasteiger partial charge in [-0.05, 0) is 65.8 Å². The number of hydrogen-bond acceptors (Lipinski definition) is 8. The van der Waals surface area contributed by atoms with Crippen LogP contribution in [0.2, 0.25) is 0 Å². The van der Waals surface area contributed by atoms with Crippen molar-refractivity contribution in [3.63, 3.8) is 0 Å². The van der Waals surface area contributed by atoms with Crippen molar-refractivity contribution in [3.05, 3.63) is 88.3 Å². The number of ether oxygens (including phenoxy) is 1. The third-order valence-electron chi connectivity index (χ3n) is 6.71. The highest BCUT2D eigenvalue weighted by atomic mass is 32.1. The molecule has 0 saturated carbocycles. The Morgan fingerprint density at radius 3 is 2.67 bits per heavy atom. The number of rotatable bonds is 9. The first-order valence-corrected chi connectivity index (χ1v) is 13.4. The van der Waals surface area contributed by atoms with Gasteiger partial charge in [0.1, 0.15) is 16.7 Å². The van der Waals surface area contributed by atoms with Crippen molar-refractivity contribution in [3.8, 4) is 0 Å². The molecule has 2 aromatic heterocycles. The van der Waals surface area contributed by atoms with E-state index in [1.54, 1.807) is 30.5 Å². The number of carbonyl (C=O) groups excluding carboxylic acids is 3. The van der Waals surface area contributed by atoms with Crippen LogP contribution in [-0.4, -0.2) is 51.2 Å². The van der Waals surface area contributed by atoms with Gasteiger partial charge in [0, 0.05) is 31.3 Å². The molecule has 1 saturated heterocycles. The van der Waals surface area contributed by atoms with Gasteiger partial charge in [0.05, 0.1) is 17.3 Å². The number of nitrogens with two attached hydrogens (primary N) is 2. The summed E-state index contributed by atoms with van der Waals surface area (Å²) >= 11 is 0.726. The molecule has 1 aliphatic rings. The summed E-state index contributed by atoms with van der Waals surface area (Å²) in [6, 6.07) is 13.5. The standard InChI is InChI=1S/C28H27FN6O4S/c29-19-8-5-16(6-9-19)15-35(28(38)25-22(30)23(26(31)36)34-40-25)24(27(37)33-14-20-4-2-12-39-20)18-7-10-21-17(13-18)3-1-11-32-21/h1,3,5-11,13,20,24H,2,4,12,14-15,30H2,(H2,31,36)(H,33,37)/t20-,24+/m1/s1. The van der Waals surface area contributed by atoms with Crippen LogP contribution in [0.1, 0.15) is 50.2 Å². The van der Waals surface area contributed by atoms with Gasteiger partial charge in [-0.3, -0.25) is 19.4 Å². The molecule has 5 N–H and O–H groups in total. The predicted molar refractivity (Wildman–Crippen MR) is 148 cm³/mol. The highest BCUT2D eigenvalue weighted by Crippen LogP contribution is 2.31. The molecule has 3 heterocycles. The molecular weight excluding hydrogens is 535 g/mol. The Bertz CT molecular complexity index is 1550. The summed E-state index contributed by atoms with van der Waals surface area (Å²) in [5.41, 5.74) is 12.9. The van der Waals surface area contributed by atoms with E-state index in [0.29, 0.717) is 17.7 Å². The zero-order valence-electron chi connectivity index (χ0n) is 21.4. The number of hydrogen-bond donors (Lipinski definition) is 3. The summed E-state index contributed by atoms with van der Waals surface area (Å²) in [4.78, 5) is 45.4. The van der Waals surface area contributed by atoms with Crippen molar-refractivity contribution in [2.45, 2.75) is 31.5 Å². The topological polar surface area (TPSA) is 154 Å². The Balaban J connectivity index is 1.59. The van der Waals surface area contributed by atoms with Gasteiger partial charge < -0.3 is 26.4 Å². The zero-order valence-corrected chi connectivity index (χ0v) is 22.2. The number of nitrogens with zero attached hydrogens (tertiary/aromatic N) is 3. The molecule has 0 radical (unpaired) electrons. The Kier molecular flexibility index (Phi) is 7.99. The van der Waals surface area contributed by atoms with Crippen LogP contribution >= 0.6 is 11.5 Å². The normalized spacial score (nSPS) is 15.6. The van der Waals surface area contributed by atoms with E-state index in [0.717, 1.165) is 35.3 Å². The van der Waals surface area contributed by atoms with E-state index in [9.17, 15) is 18.8 Å². The highest BCUT2D eigenvalue weighted by molar-refractivity contribution is 7.09. The number of aromatic nitrogens is 2. The Hall–Kier alpha value is -4.42. The number of nitrogens with one attached hydrogen (secondary N) is 1. The van der Waals surface area contributed by atoms with Gasteiger partial charge in [0.15, 0.2) is 5.69 Å². The van der Waals surface area contributed by atoms with Crippen LogP contribution < -0.4 is 16.8 Å². The van der Waals surface area contributed by atoms with E-state index in [1.165, 1.54) is 29.2 Å². The first kappa shape index (κ1) is 27.2. The van der Waals surface area contributed by atoms with E-state index >= 15 is 0 Å². The summed E-state index contributed by atoms with van der Waals surface area (Å²) in [5, 5.41) is 3.72. The van der Waals surface area contributed by atoms with Crippen LogP contribution in [0.4, 0.5) is 10.1 Å². The first-order chi connectivity index (χ1) is 19.3. The van der Waals surface area contributed by atoms with E-state index in [2.05, 4.69) is 14.7 Å². The second-order valence-corrected chi connectivity index (χ2v) is 10.2. The van der Waals surface area contributed by atoms with Gasteiger partial charge in [-0.15, -0.1) is 0 Å². The summed E-state index contributed by atoms with van der Waals surface area (Å²) < 4.78 is 23.3. The number of nitrogen functional groups attached to an aromatic ring is 1. The van der Waals surface area contributed by atoms with Crippen LogP contribution in [0.15, 0.2) is 60.8 Å². The third kappa shape index (κ3) is 5.77. The quantitative estimate of drug-likeness (QED) is 0.283. The lowest BCUT2D eigenvalue weighted by molar-refractivity contribution is -0.126. The maximum Gasteiger partial charge on any atom is 0.270 e. The Morgan fingerprint density at radius 1 is 1.18 bits per heavy atom. The summed E-state index contributed by atoms with van der Waals surface area (Å²) in [6.45, 7) is 0.840. The number of pyridine rings is 1. The molecule has 0 aliphatic carbocycles. The van der Waals surface area contributed by atoms with Gasteiger partial charge in [0.2, 0.25) is 5.91 Å². The molecule has 2 atom stereocenters. The minimum absolute atomic E-state index is 0.0321. The lowest BCUT2D eigenvalue weighted by Gasteiger charge is -2.32. The van der Waals surface area contributed by atoms with Gasteiger partial charge in [0.25, 0.3) is 11.8 Å². The number of halogens is 1. The van der Waals surface area contributed by atoms with Gasteiger partial charge in [-0.1, -0.05) is 24.3 Å². The van der Waals surface area contributed by atoms with Crippen LogP contribution in [0.5, 0.6) is 0 Å². The maximum atomic E-state index is 14.1. The predicted octanol–water partition coefficient (Wildman–Crippen LogP) is 3.19. The van der Waals surface area contributed by atoms with Crippen LogP contribution in [0.3, 0.4) is 0 Å². The molecule has 10 nitrogen and oxygen atoms in total. The number of primary amides is 1. The molecule has 3 amide bonds. The molecule has 0 spiro atoms. The minimum atomic E-state index is -1.12. The largest absolute Gasteiger partial charge is 0.395 e. The smallest absolute Gasteiger partial charge is 0.270 e. The van der Waals surface area contributed by atoms with Crippen molar-refractivity contribution < 1.29 is 23.5 Å². The summed E-state index contributed by atoms with van der Waals surface area (Å²) in [6.07, 6.45) is 3.27. The SMILES string of the molecule is NC(=O)c1nsc(C(=O)N(Cc2ccc(F)cc2)[C@H](C(=O)NC[C@H]2CCCO2)c2ccc3ncccc3c2)c1N. The summed E-state index contributed by atoms with van der Waals surface area (Å²) in [5.74, 6) is -2.37. The molecule has 0 bridgehead atoms. The molecular formula is C28H27FN6O4S. The van der Waals surface area contributed by atoms with Gasteiger partial charge in [-0.2, -0.15) is 4.37 Å². The monoisotopic (exact) mass is 562 g/mol.